The molecular weight excluding hydrogens is 256 g/mol. The number of likely N-dealkylation sites (N-methyl/N-ethyl adjacent to an activating group) is 1. The highest BCUT2D eigenvalue weighted by atomic mass is 16.5. The number of morpholine rings is 1. The van der Waals surface area contributed by atoms with Gasteiger partial charge in [-0.1, -0.05) is 0 Å². The largest absolute Gasteiger partial charge is 0.379 e. The summed E-state index contributed by atoms with van der Waals surface area (Å²) in [6.07, 6.45) is 0.618. The van der Waals surface area contributed by atoms with Gasteiger partial charge in [0.05, 0.1) is 13.2 Å². The number of hydrogen-bond donors (Lipinski definition) is 1. The van der Waals surface area contributed by atoms with Crippen LogP contribution in [0.15, 0.2) is 0 Å². The molecule has 6 nitrogen and oxygen atoms in total. The van der Waals surface area contributed by atoms with Crippen molar-refractivity contribution in [2.75, 3.05) is 79.2 Å². The van der Waals surface area contributed by atoms with Gasteiger partial charge in [-0.2, -0.15) is 0 Å². The zero-order chi connectivity index (χ0) is 14.2. The molecule has 0 saturated carbocycles. The maximum absolute atomic E-state index is 12.0. The third-order valence-corrected chi connectivity index (χ3v) is 4.08. The van der Waals surface area contributed by atoms with E-state index in [1.165, 1.54) is 0 Å². The molecule has 2 aliphatic heterocycles. The summed E-state index contributed by atoms with van der Waals surface area (Å²) in [6.45, 7) is 10.3. The molecule has 0 bridgehead atoms. The van der Waals surface area contributed by atoms with E-state index >= 15 is 0 Å². The van der Waals surface area contributed by atoms with Crippen molar-refractivity contribution < 1.29 is 9.53 Å². The molecule has 0 atom stereocenters. The zero-order valence-corrected chi connectivity index (χ0v) is 12.6. The van der Waals surface area contributed by atoms with Gasteiger partial charge in [0.15, 0.2) is 0 Å². The van der Waals surface area contributed by atoms with Crippen LogP contribution in [0, 0.1) is 0 Å². The molecular formula is C14H28N4O2. The van der Waals surface area contributed by atoms with Gasteiger partial charge in [0.1, 0.15) is 0 Å². The monoisotopic (exact) mass is 284 g/mol. The van der Waals surface area contributed by atoms with Gasteiger partial charge in [-0.05, 0) is 7.05 Å². The fourth-order valence-electron chi connectivity index (χ4n) is 2.60. The number of amides is 1. The van der Waals surface area contributed by atoms with E-state index in [0.29, 0.717) is 6.42 Å². The second-order valence-electron chi connectivity index (χ2n) is 5.64. The van der Waals surface area contributed by atoms with Crippen LogP contribution < -0.4 is 5.32 Å². The van der Waals surface area contributed by atoms with Crippen molar-refractivity contribution in [2.45, 2.75) is 6.42 Å². The first-order valence-corrected chi connectivity index (χ1v) is 7.73. The van der Waals surface area contributed by atoms with Crippen LogP contribution in [-0.4, -0.2) is 99.8 Å². The maximum Gasteiger partial charge on any atom is 0.223 e. The molecule has 116 valence electrons. The maximum atomic E-state index is 12.0. The van der Waals surface area contributed by atoms with Gasteiger partial charge in [0.25, 0.3) is 0 Å². The van der Waals surface area contributed by atoms with Crippen LogP contribution in [0.2, 0.25) is 0 Å². The van der Waals surface area contributed by atoms with E-state index in [1.54, 1.807) is 0 Å². The number of rotatable bonds is 6. The molecule has 2 heterocycles. The first-order valence-electron chi connectivity index (χ1n) is 7.73. The molecule has 1 amide bonds. The van der Waals surface area contributed by atoms with Gasteiger partial charge < -0.3 is 19.9 Å². The smallest absolute Gasteiger partial charge is 0.223 e. The number of piperazine rings is 1. The average molecular weight is 284 g/mol. The minimum Gasteiger partial charge on any atom is -0.379 e. The van der Waals surface area contributed by atoms with Gasteiger partial charge in [-0.15, -0.1) is 0 Å². The van der Waals surface area contributed by atoms with E-state index in [0.717, 1.165) is 72.1 Å². The van der Waals surface area contributed by atoms with Crippen LogP contribution in [0.5, 0.6) is 0 Å². The number of nitrogens with zero attached hydrogens (tertiary/aromatic N) is 3. The Morgan fingerprint density at radius 1 is 1.05 bits per heavy atom. The molecule has 2 aliphatic rings. The van der Waals surface area contributed by atoms with Crippen molar-refractivity contribution in [1.82, 2.24) is 20.0 Å². The molecule has 0 aromatic heterocycles. The molecule has 1 N–H and O–H groups in total. The fraction of sp³-hybridized carbons (Fsp3) is 0.929. The van der Waals surface area contributed by atoms with E-state index in [2.05, 4.69) is 22.2 Å². The summed E-state index contributed by atoms with van der Waals surface area (Å²) in [5, 5.41) is 3.37. The topological polar surface area (TPSA) is 48.0 Å². The Labute approximate surface area is 122 Å². The van der Waals surface area contributed by atoms with Gasteiger partial charge in [0, 0.05) is 65.3 Å². The van der Waals surface area contributed by atoms with E-state index in [9.17, 15) is 4.79 Å². The van der Waals surface area contributed by atoms with Gasteiger partial charge in [-0.25, -0.2) is 0 Å². The molecule has 0 radical (unpaired) electrons. The van der Waals surface area contributed by atoms with Crippen molar-refractivity contribution in [3.05, 3.63) is 0 Å². The number of carbonyl (C=O) groups is 1. The lowest BCUT2D eigenvalue weighted by Crippen LogP contribution is -2.47. The van der Waals surface area contributed by atoms with Gasteiger partial charge in [0.2, 0.25) is 5.91 Å². The van der Waals surface area contributed by atoms with Gasteiger partial charge >= 0.3 is 0 Å². The molecule has 6 heteroatoms. The van der Waals surface area contributed by atoms with E-state index in [-0.39, 0.29) is 5.91 Å². The van der Waals surface area contributed by atoms with Crippen molar-refractivity contribution in [2.24, 2.45) is 0 Å². The average Bonchev–Trinajstić information content (AvgIpc) is 2.48. The van der Waals surface area contributed by atoms with Crippen LogP contribution in [0.25, 0.3) is 0 Å². The molecule has 2 rings (SSSR count). The van der Waals surface area contributed by atoms with Gasteiger partial charge in [-0.3, -0.25) is 9.69 Å². The fourth-order valence-corrected chi connectivity index (χ4v) is 2.60. The number of ether oxygens (including phenoxy) is 1. The minimum absolute atomic E-state index is 0.289. The van der Waals surface area contributed by atoms with Crippen LogP contribution in [0.4, 0.5) is 0 Å². The Morgan fingerprint density at radius 2 is 1.75 bits per heavy atom. The second kappa shape index (κ2) is 8.56. The number of hydrogen-bond acceptors (Lipinski definition) is 5. The Balaban J connectivity index is 1.49. The lowest BCUT2D eigenvalue weighted by Gasteiger charge is -2.32. The predicted molar refractivity (Wildman–Crippen MR) is 78.8 cm³/mol. The molecule has 2 fully saturated rings. The Kier molecular flexibility index (Phi) is 6.72. The van der Waals surface area contributed by atoms with E-state index in [4.69, 9.17) is 4.74 Å². The van der Waals surface area contributed by atoms with Crippen LogP contribution >= 0.6 is 0 Å². The summed E-state index contributed by atoms with van der Waals surface area (Å²) in [6, 6.07) is 0. The first kappa shape index (κ1) is 15.7. The second-order valence-corrected chi connectivity index (χ2v) is 5.64. The summed E-state index contributed by atoms with van der Waals surface area (Å²) in [4.78, 5) is 18.7. The Bertz CT molecular complexity index is 287. The standard InChI is InChI=1S/C14H28N4O2/c1-16-6-8-18(9-7-16)14(19)2-3-15-4-5-17-10-12-20-13-11-17/h15H,2-13H2,1H3. The zero-order valence-electron chi connectivity index (χ0n) is 12.6. The Hall–Kier alpha value is -0.690. The number of carbonyl (C=O) groups excluding carboxylic acids is 1. The highest BCUT2D eigenvalue weighted by Gasteiger charge is 2.18. The van der Waals surface area contributed by atoms with Crippen molar-refractivity contribution >= 4 is 5.91 Å². The van der Waals surface area contributed by atoms with Crippen molar-refractivity contribution in [3.63, 3.8) is 0 Å². The summed E-state index contributed by atoms with van der Waals surface area (Å²) in [5.41, 5.74) is 0. The normalized spacial score (nSPS) is 22.1. The summed E-state index contributed by atoms with van der Waals surface area (Å²) in [7, 11) is 2.11. The Morgan fingerprint density at radius 3 is 2.45 bits per heavy atom. The molecule has 0 aliphatic carbocycles. The molecule has 0 aromatic rings. The van der Waals surface area contributed by atoms with Crippen LogP contribution in [0.1, 0.15) is 6.42 Å². The lowest BCUT2D eigenvalue weighted by atomic mass is 10.3. The van der Waals surface area contributed by atoms with E-state index < -0.39 is 0 Å². The van der Waals surface area contributed by atoms with Crippen molar-refractivity contribution in [3.8, 4) is 0 Å². The van der Waals surface area contributed by atoms with Crippen molar-refractivity contribution in [1.29, 1.82) is 0 Å². The molecule has 2 saturated heterocycles. The number of nitrogens with one attached hydrogen (secondary N) is 1. The quantitative estimate of drug-likeness (QED) is 0.639. The predicted octanol–water partition coefficient (Wildman–Crippen LogP) is -0.928. The summed E-state index contributed by atoms with van der Waals surface area (Å²) in [5.74, 6) is 0.289. The minimum atomic E-state index is 0.289. The third kappa shape index (κ3) is 5.36. The lowest BCUT2D eigenvalue weighted by molar-refractivity contribution is -0.132. The third-order valence-electron chi connectivity index (χ3n) is 4.08. The van der Waals surface area contributed by atoms with E-state index in [1.807, 2.05) is 4.90 Å². The molecule has 0 unspecified atom stereocenters. The molecule has 20 heavy (non-hydrogen) atoms. The highest BCUT2D eigenvalue weighted by molar-refractivity contribution is 5.76. The molecule has 0 spiro atoms. The van der Waals surface area contributed by atoms with Crippen LogP contribution in [0.3, 0.4) is 0 Å². The highest BCUT2D eigenvalue weighted by Crippen LogP contribution is 2.01. The van der Waals surface area contributed by atoms with Crippen LogP contribution in [-0.2, 0) is 9.53 Å². The SMILES string of the molecule is CN1CCN(C(=O)CCNCCN2CCOCC2)CC1. The molecule has 0 aromatic carbocycles. The summed E-state index contributed by atoms with van der Waals surface area (Å²) >= 11 is 0. The first-order chi connectivity index (χ1) is 9.75. The summed E-state index contributed by atoms with van der Waals surface area (Å²) < 4.78 is 5.32.